The highest BCUT2D eigenvalue weighted by Crippen LogP contribution is 2.20. The lowest BCUT2D eigenvalue weighted by Gasteiger charge is -2.02. The Balaban J connectivity index is 2.50. The van der Waals surface area contributed by atoms with Gasteiger partial charge in [-0.2, -0.15) is 4.39 Å². The van der Waals surface area contributed by atoms with Crippen LogP contribution in [0.5, 0.6) is 0 Å². The van der Waals surface area contributed by atoms with E-state index in [1.54, 1.807) is 25.1 Å². The highest BCUT2D eigenvalue weighted by molar-refractivity contribution is 5.62. The monoisotopic (exact) mass is 205 g/mol. The van der Waals surface area contributed by atoms with Crippen LogP contribution >= 0.6 is 0 Å². The Bertz CT molecular complexity index is 495. The Morgan fingerprint density at radius 3 is 2.53 bits per heavy atom. The lowest BCUT2D eigenvalue weighted by atomic mass is 10.1. The van der Waals surface area contributed by atoms with Gasteiger partial charge < -0.3 is 0 Å². The lowest BCUT2D eigenvalue weighted by Crippen LogP contribution is -1.89. The molecule has 0 fully saturated rings. The summed E-state index contributed by atoms with van der Waals surface area (Å²) >= 11 is 0. The van der Waals surface area contributed by atoms with Crippen LogP contribution in [0.15, 0.2) is 36.5 Å². The maximum atomic E-state index is 12.9. The van der Waals surface area contributed by atoms with E-state index in [1.807, 2.05) is 0 Å². The summed E-state index contributed by atoms with van der Waals surface area (Å²) in [6.07, 6.45) is 1.40. The van der Waals surface area contributed by atoms with E-state index in [1.165, 1.54) is 18.3 Å². The molecule has 0 bridgehead atoms. The van der Waals surface area contributed by atoms with Crippen LogP contribution in [0.25, 0.3) is 11.1 Å². The van der Waals surface area contributed by atoms with E-state index in [0.29, 0.717) is 16.7 Å². The van der Waals surface area contributed by atoms with Gasteiger partial charge >= 0.3 is 0 Å². The molecular formula is C12H9F2N. The molecule has 1 aromatic heterocycles. The number of rotatable bonds is 1. The van der Waals surface area contributed by atoms with Gasteiger partial charge in [-0.15, -0.1) is 0 Å². The number of benzene rings is 1. The van der Waals surface area contributed by atoms with Crippen LogP contribution in [0.1, 0.15) is 5.56 Å². The molecule has 0 spiro atoms. The van der Waals surface area contributed by atoms with E-state index in [2.05, 4.69) is 4.98 Å². The van der Waals surface area contributed by atoms with Crippen molar-refractivity contribution in [1.29, 1.82) is 0 Å². The molecule has 0 saturated heterocycles. The van der Waals surface area contributed by atoms with Crippen molar-refractivity contribution in [2.75, 3.05) is 0 Å². The van der Waals surface area contributed by atoms with Gasteiger partial charge in [0.25, 0.3) is 0 Å². The van der Waals surface area contributed by atoms with Gasteiger partial charge in [-0.3, -0.25) is 0 Å². The number of aromatic nitrogens is 1. The van der Waals surface area contributed by atoms with Crippen LogP contribution in [0.2, 0.25) is 0 Å². The Morgan fingerprint density at radius 1 is 1.07 bits per heavy atom. The molecule has 0 N–H and O–H groups in total. The van der Waals surface area contributed by atoms with Crippen molar-refractivity contribution in [3.05, 3.63) is 53.9 Å². The van der Waals surface area contributed by atoms with Crippen molar-refractivity contribution in [3.63, 3.8) is 0 Å². The molecule has 1 nitrogen and oxygen atoms in total. The smallest absolute Gasteiger partial charge is 0.215 e. The van der Waals surface area contributed by atoms with Gasteiger partial charge in [0.05, 0.1) is 0 Å². The fourth-order valence-electron chi connectivity index (χ4n) is 1.38. The minimum absolute atomic E-state index is 0.311. The Kier molecular flexibility index (Phi) is 2.46. The second-order valence-electron chi connectivity index (χ2n) is 3.34. The van der Waals surface area contributed by atoms with E-state index in [9.17, 15) is 8.78 Å². The van der Waals surface area contributed by atoms with Crippen molar-refractivity contribution in [2.24, 2.45) is 0 Å². The number of hydrogen-bond donors (Lipinski definition) is 0. The van der Waals surface area contributed by atoms with Crippen molar-refractivity contribution in [2.45, 2.75) is 6.92 Å². The maximum Gasteiger partial charge on any atom is 0.215 e. The zero-order chi connectivity index (χ0) is 10.8. The third-order valence-corrected chi connectivity index (χ3v) is 2.17. The third kappa shape index (κ3) is 2.01. The second kappa shape index (κ2) is 3.77. The Labute approximate surface area is 86.4 Å². The third-order valence-electron chi connectivity index (χ3n) is 2.17. The average Bonchev–Trinajstić information content (AvgIpc) is 2.22. The van der Waals surface area contributed by atoms with Crippen LogP contribution in [0.4, 0.5) is 8.78 Å². The summed E-state index contributed by atoms with van der Waals surface area (Å²) in [7, 11) is 0. The standard InChI is InChI=1S/C12H9F2N/c1-8-5-10(7-15-12(8)14)9-3-2-4-11(13)6-9/h2-7H,1H3. The Hall–Kier alpha value is -1.77. The summed E-state index contributed by atoms with van der Waals surface area (Å²) in [5, 5.41) is 0. The van der Waals surface area contributed by atoms with Gasteiger partial charge in [0.15, 0.2) is 0 Å². The van der Waals surface area contributed by atoms with E-state index < -0.39 is 5.95 Å². The quantitative estimate of drug-likeness (QED) is 0.650. The summed E-state index contributed by atoms with van der Waals surface area (Å²) < 4.78 is 25.8. The Morgan fingerprint density at radius 2 is 1.87 bits per heavy atom. The number of halogens is 2. The fourth-order valence-corrected chi connectivity index (χ4v) is 1.38. The predicted molar refractivity (Wildman–Crippen MR) is 54.3 cm³/mol. The zero-order valence-electron chi connectivity index (χ0n) is 8.17. The van der Waals surface area contributed by atoms with Gasteiger partial charge in [0, 0.05) is 17.3 Å². The molecule has 0 saturated carbocycles. The first-order valence-electron chi connectivity index (χ1n) is 4.55. The molecule has 2 rings (SSSR count). The van der Waals surface area contributed by atoms with Crippen LogP contribution in [0.3, 0.4) is 0 Å². The molecule has 0 aliphatic rings. The van der Waals surface area contributed by atoms with Gasteiger partial charge in [-0.25, -0.2) is 9.37 Å². The minimum Gasteiger partial charge on any atom is -0.227 e. The fraction of sp³-hybridized carbons (Fsp3) is 0.0833. The summed E-state index contributed by atoms with van der Waals surface area (Å²) in [5.41, 5.74) is 1.87. The normalized spacial score (nSPS) is 10.3. The van der Waals surface area contributed by atoms with Gasteiger partial charge in [-0.1, -0.05) is 12.1 Å². The summed E-state index contributed by atoms with van der Waals surface area (Å²) in [6.45, 7) is 1.63. The molecule has 1 heterocycles. The SMILES string of the molecule is Cc1cc(-c2cccc(F)c2)cnc1F. The topological polar surface area (TPSA) is 12.9 Å². The predicted octanol–water partition coefficient (Wildman–Crippen LogP) is 3.34. The van der Waals surface area contributed by atoms with Crippen LogP contribution in [-0.2, 0) is 0 Å². The first kappa shape index (κ1) is 9.77. The number of aryl methyl sites for hydroxylation is 1. The van der Waals surface area contributed by atoms with Gasteiger partial charge in [0.1, 0.15) is 5.82 Å². The summed E-state index contributed by atoms with van der Waals surface area (Å²) in [4.78, 5) is 3.60. The van der Waals surface area contributed by atoms with Gasteiger partial charge in [-0.05, 0) is 30.7 Å². The number of pyridine rings is 1. The van der Waals surface area contributed by atoms with E-state index in [0.717, 1.165) is 0 Å². The second-order valence-corrected chi connectivity index (χ2v) is 3.34. The average molecular weight is 205 g/mol. The minimum atomic E-state index is -0.491. The molecule has 15 heavy (non-hydrogen) atoms. The van der Waals surface area contributed by atoms with Crippen LogP contribution in [0, 0.1) is 18.7 Å². The molecule has 3 heteroatoms. The van der Waals surface area contributed by atoms with Crippen LogP contribution in [-0.4, -0.2) is 4.98 Å². The number of hydrogen-bond acceptors (Lipinski definition) is 1. The molecule has 76 valence electrons. The van der Waals surface area contributed by atoms with E-state index >= 15 is 0 Å². The molecule has 0 aliphatic carbocycles. The van der Waals surface area contributed by atoms with Crippen molar-refractivity contribution in [1.82, 2.24) is 4.98 Å². The summed E-state index contributed by atoms with van der Waals surface area (Å²) in [6, 6.07) is 7.79. The first-order chi connectivity index (χ1) is 7.16. The summed E-state index contributed by atoms with van der Waals surface area (Å²) in [5.74, 6) is -0.801. The molecule has 2 aromatic rings. The molecule has 0 unspecified atom stereocenters. The van der Waals surface area contributed by atoms with Crippen molar-refractivity contribution in [3.8, 4) is 11.1 Å². The largest absolute Gasteiger partial charge is 0.227 e. The molecule has 0 radical (unpaired) electrons. The molecule has 0 aliphatic heterocycles. The highest BCUT2D eigenvalue weighted by atomic mass is 19.1. The van der Waals surface area contributed by atoms with E-state index in [-0.39, 0.29) is 5.82 Å². The van der Waals surface area contributed by atoms with Crippen LogP contribution < -0.4 is 0 Å². The molecule has 0 atom stereocenters. The lowest BCUT2D eigenvalue weighted by molar-refractivity contribution is 0.575. The number of nitrogens with zero attached hydrogens (tertiary/aromatic N) is 1. The van der Waals surface area contributed by atoms with Crippen molar-refractivity contribution >= 4 is 0 Å². The highest BCUT2D eigenvalue weighted by Gasteiger charge is 2.03. The van der Waals surface area contributed by atoms with Crippen molar-refractivity contribution < 1.29 is 8.78 Å². The van der Waals surface area contributed by atoms with E-state index in [4.69, 9.17) is 0 Å². The molecule has 1 aromatic carbocycles. The maximum absolute atomic E-state index is 12.9. The zero-order valence-corrected chi connectivity index (χ0v) is 8.17. The molecule has 0 amide bonds. The first-order valence-corrected chi connectivity index (χ1v) is 4.55. The van der Waals surface area contributed by atoms with Gasteiger partial charge in [0.2, 0.25) is 5.95 Å². The molecular weight excluding hydrogens is 196 g/mol.